The number of aryl methyl sites for hydroxylation is 1. The quantitative estimate of drug-likeness (QED) is 0.495. The predicted octanol–water partition coefficient (Wildman–Crippen LogP) is 5.91. The lowest BCUT2D eigenvalue weighted by atomic mass is 10.1. The van der Waals surface area contributed by atoms with Crippen LogP contribution >= 0.6 is 11.6 Å². The molecule has 0 aliphatic rings. The highest BCUT2D eigenvalue weighted by molar-refractivity contribution is 6.32. The highest BCUT2D eigenvalue weighted by Gasteiger charge is 2.13. The Hall–Kier alpha value is -1.71. The first-order chi connectivity index (χ1) is 12.6. The molecule has 4 heteroatoms. The van der Waals surface area contributed by atoms with Crippen molar-refractivity contribution in [2.75, 3.05) is 13.2 Å². The molecule has 0 radical (unpaired) electrons. The third-order valence-corrected chi connectivity index (χ3v) is 4.40. The fourth-order valence-corrected chi connectivity index (χ4v) is 3.10. The van der Waals surface area contributed by atoms with Crippen molar-refractivity contribution < 1.29 is 9.47 Å². The number of unbranched alkanes of at least 4 members (excludes halogenated alkanes) is 2. The van der Waals surface area contributed by atoms with E-state index >= 15 is 0 Å². The summed E-state index contributed by atoms with van der Waals surface area (Å²) >= 11 is 6.50. The lowest BCUT2D eigenvalue weighted by molar-refractivity contribution is 0.269. The van der Waals surface area contributed by atoms with E-state index in [0.717, 1.165) is 24.2 Å². The zero-order valence-corrected chi connectivity index (χ0v) is 16.9. The largest absolute Gasteiger partial charge is 0.490 e. The lowest BCUT2D eigenvalue weighted by Crippen LogP contribution is -2.14. The summed E-state index contributed by atoms with van der Waals surface area (Å²) in [5.74, 6) is 1.32. The Morgan fingerprint density at radius 3 is 2.58 bits per heavy atom. The minimum absolute atomic E-state index is 0.468. The van der Waals surface area contributed by atoms with Gasteiger partial charge in [0.1, 0.15) is 6.61 Å². The van der Waals surface area contributed by atoms with Crippen molar-refractivity contribution in [2.45, 2.75) is 53.2 Å². The normalized spacial score (nSPS) is 10.8. The molecule has 0 aliphatic carbocycles. The van der Waals surface area contributed by atoms with Crippen LogP contribution in [0.2, 0.25) is 5.02 Å². The molecule has 0 saturated carbocycles. The molecule has 0 bridgehead atoms. The Bertz CT molecular complexity index is 688. The Morgan fingerprint density at radius 2 is 1.85 bits per heavy atom. The molecule has 3 nitrogen and oxygen atoms in total. The number of ether oxygens (including phenoxy) is 2. The summed E-state index contributed by atoms with van der Waals surface area (Å²) in [4.78, 5) is 0. The molecular weight excluding hydrogens is 346 g/mol. The lowest BCUT2D eigenvalue weighted by Gasteiger charge is -2.16. The summed E-state index contributed by atoms with van der Waals surface area (Å²) in [6, 6.07) is 12.3. The first kappa shape index (κ1) is 20.6. The molecule has 0 aromatic heterocycles. The predicted molar refractivity (Wildman–Crippen MR) is 109 cm³/mol. The number of hydrogen-bond acceptors (Lipinski definition) is 3. The van der Waals surface area contributed by atoms with Crippen molar-refractivity contribution in [3.05, 3.63) is 58.1 Å². The van der Waals surface area contributed by atoms with E-state index in [1.54, 1.807) is 0 Å². The van der Waals surface area contributed by atoms with E-state index in [1.165, 1.54) is 24.8 Å². The minimum Gasteiger partial charge on any atom is -0.490 e. The smallest absolute Gasteiger partial charge is 0.180 e. The van der Waals surface area contributed by atoms with Crippen LogP contribution in [0, 0.1) is 6.92 Å². The van der Waals surface area contributed by atoms with Gasteiger partial charge in [0.2, 0.25) is 0 Å². The van der Waals surface area contributed by atoms with E-state index in [4.69, 9.17) is 21.1 Å². The van der Waals surface area contributed by atoms with Crippen molar-refractivity contribution in [3.8, 4) is 11.5 Å². The van der Waals surface area contributed by atoms with Gasteiger partial charge in [-0.05, 0) is 50.1 Å². The molecule has 0 aliphatic heterocycles. The van der Waals surface area contributed by atoms with Gasteiger partial charge >= 0.3 is 0 Å². The van der Waals surface area contributed by atoms with Gasteiger partial charge in [0.25, 0.3) is 0 Å². The number of hydrogen-bond donors (Lipinski definition) is 1. The van der Waals surface area contributed by atoms with Gasteiger partial charge in [-0.15, -0.1) is 0 Å². The van der Waals surface area contributed by atoms with Crippen molar-refractivity contribution in [1.82, 2.24) is 5.32 Å². The number of nitrogens with one attached hydrogen (secondary N) is 1. The van der Waals surface area contributed by atoms with Crippen LogP contribution in [0.4, 0.5) is 0 Å². The Labute approximate surface area is 162 Å². The molecule has 2 rings (SSSR count). The molecule has 142 valence electrons. The van der Waals surface area contributed by atoms with Crippen LogP contribution in [0.25, 0.3) is 0 Å². The molecule has 0 unspecified atom stereocenters. The summed E-state index contributed by atoms with van der Waals surface area (Å²) in [6.07, 6.45) is 3.68. The zero-order chi connectivity index (χ0) is 18.8. The molecule has 0 fully saturated rings. The third kappa shape index (κ3) is 6.54. The molecule has 2 aromatic rings. The number of halogens is 1. The molecule has 0 saturated heterocycles. The average molecular weight is 376 g/mol. The molecule has 26 heavy (non-hydrogen) atoms. The van der Waals surface area contributed by atoms with E-state index in [9.17, 15) is 0 Å². The van der Waals surface area contributed by atoms with Gasteiger partial charge in [-0.1, -0.05) is 61.2 Å². The van der Waals surface area contributed by atoms with Crippen LogP contribution in [0.3, 0.4) is 0 Å². The second-order valence-corrected chi connectivity index (χ2v) is 6.91. The van der Waals surface area contributed by atoms with Crippen LogP contribution in [0.15, 0.2) is 36.4 Å². The maximum absolute atomic E-state index is 6.50. The molecule has 0 amide bonds. The van der Waals surface area contributed by atoms with Crippen LogP contribution in [-0.2, 0) is 13.2 Å². The number of rotatable bonds is 11. The number of benzene rings is 2. The van der Waals surface area contributed by atoms with E-state index in [0.29, 0.717) is 29.7 Å². The van der Waals surface area contributed by atoms with Crippen LogP contribution in [-0.4, -0.2) is 13.2 Å². The van der Waals surface area contributed by atoms with Gasteiger partial charge in [0.05, 0.1) is 11.6 Å². The summed E-state index contributed by atoms with van der Waals surface area (Å²) in [7, 11) is 0. The van der Waals surface area contributed by atoms with Crippen LogP contribution < -0.4 is 14.8 Å². The standard InChI is InChI=1S/C22H30ClNO2/c1-4-6-7-11-24-15-19-13-20(23)22(21(14-19)25-5-2)26-16-18-10-8-9-17(3)12-18/h8-10,12-14,24H,4-7,11,15-16H2,1-3H3. The van der Waals surface area contributed by atoms with Gasteiger partial charge in [0.15, 0.2) is 11.5 Å². The SMILES string of the molecule is CCCCCNCc1cc(Cl)c(OCc2cccc(C)c2)c(OCC)c1. The molecule has 0 atom stereocenters. The van der Waals surface area contributed by atoms with Gasteiger partial charge in [-0.3, -0.25) is 0 Å². The average Bonchev–Trinajstić information content (AvgIpc) is 2.61. The van der Waals surface area contributed by atoms with E-state index in [-0.39, 0.29) is 0 Å². The van der Waals surface area contributed by atoms with Gasteiger partial charge < -0.3 is 14.8 Å². The third-order valence-electron chi connectivity index (χ3n) is 4.12. The summed E-state index contributed by atoms with van der Waals surface area (Å²) < 4.78 is 11.8. The second kappa shape index (κ2) is 11.1. The fourth-order valence-electron chi connectivity index (χ4n) is 2.82. The molecule has 0 spiro atoms. The van der Waals surface area contributed by atoms with Gasteiger partial charge in [-0.25, -0.2) is 0 Å². The zero-order valence-electron chi connectivity index (χ0n) is 16.1. The Morgan fingerprint density at radius 1 is 1.00 bits per heavy atom. The van der Waals surface area contributed by atoms with E-state index < -0.39 is 0 Å². The second-order valence-electron chi connectivity index (χ2n) is 6.50. The molecule has 1 N–H and O–H groups in total. The fraction of sp³-hybridized carbons (Fsp3) is 0.455. The van der Waals surface area contributed by atoms with Crippen molar-refractivity contribution in [3.63, 3.8) is 0 Å². The Kier molecular flexibility index (Phi) is 8.79. The van der Waals surface area contributed by atoms with Crippen molar-refractivity contribution in [2.24, 2.45) is 0 Å². The minimum atomic E-state index is 0.468. The Balaban J connectivity index is 2.05. The highest BCUT2D eigenvalue weighted by Crippen LogP contribution is 2.37. The monoisotopic (exact) mass is 375 g/mol. The van der Waals surface area contributed by atoms with Crippen LogP contribution in [0.1, 0.15) is 49.8 Å². The van der Waals surface area contributed by atoms with Gasteiger partial charge in [-0.2, -0.15) is 0 Å². The molecule has 2 aromatic carbocycles. The maximum atomic E-state index is 6.50. The van der Waals surface area contributed by atoms with E-state index in [2.05, 4.69) is 37.4 Å². The maximum Gasteiger partial charge on any atom is 0.180 e. The summed E-state index contributed by atoms with van der Waals surface area (Å²) in [5, 5.41) is 4.05. The first-order valence-electron chi connectivity index (χ1n) is 9.48. The topological polar surface area (TPSA) is 30.5 Å². The van der Waals surface area contributed by atoms with Crippen molar-refractivity contribution in [1.29, 1.82) is 0 Å². The molecule has 0 heterocycles. The van der Waals surface area contributed by atoms with Crippen LogP contribution in [0.5, 0.6) is 11.5 Å². The van der Waals surface area contributed by atoms with E-state index in [1.807, 2.05) is 25.1 Å². The summed E-state index contributed by atoms with van der Waals surface area (Å²) in [5.41, 5.74) is 3.44. The van der Waals surface area contributed by atoms with Gasteiger partial charge in [0, 0.05) is 6.54 Å². The summed E-state index contributed by atoms with van der Waals surface area (Å²) in [6.45, 7) is 9.09. The highest BCUT2D eigenvalue weighted by atomic mass is 35.5. The first-order valence-corrected chi connectivity index (χ1v) is 9.86. The van der Waals surface area contributed by atoms with Crippen molar-refractivity contribution >= 4 is 11.6 Å². The molecular formula is C22H30ClNO2.